The van der Waals surface area contributed by atoms with Gasteiger partial charge in [-0.2, -0.15) is 5.10 Å². The highest BCUT2D eigenvalue weighted by atomic mass is 16.6. The Morgan fingerprint density at radius 3 is 2.72 bits per heavy atom. The number of nitrogens with two attached hydrogens (primary N) is 1. The molecule has 1 aromatic carbocycles. The van der Waals surface area contributed by atoms with Crippen LogP contribution in [-0.2, 0) is 9.47 Å². The molecule has 10 nitrogen and oxygen atoms in total. The highest BCUT2D eigenvalue weighted by Crippen LogP contribution is 2.37. The molecule has 1 saturated heterocycles. The minimum atomic E-state index is -0.573. The maximum absolute atomic E-state index is 12.9. The standard InChI is InChI=1S/C33H39N7O3/c1-6-7-16-42-21(2)25-18-35-31(34)29-26(12-8-22-9-13-28-27(17-22)36-20-39(28)23-10-11-23)37-40(30(25)29)24-14-15-38(19-24)32(41)43-33(3,4)5/h9,13,17-18,20,23-24H,2,6-7,10-11,14-16,19H2,1,3-5H3,(H2,34,35)/t24-/m0/s1. The maximum Gasteiger partial charge on any atom is 0.410 e. The number of carbonyl (C=O) groups is 1. The van der Waals surface area contributed by atoms with Crippen LogP contribution >= 0.6 is 0 Å². The van der Waals surface area contributed by atoms with Crippen LogP contribution in [0.5, 0.6) is 0 Å². The van der Waals surface area contributed by atoms with Gasteiger partial charge in [0, 0.05) is 30.9 Å². The van der Waals surface area contributed by atoms with E-state index in [1.165, 1.54) is 12.8 Å². The molecule has 1 aliphatic carbocycles. The number of nitrogen functional groups attached to an aromatic ring is 1. The lowest BCUT2D eigenvalue weighted by Gasteiger charge is -2.24. The third-order valence-corrected chi connectivity index (χ3v) is 7.83. The molecular formula is C33H39N7O3. The molecule has 6 rings (SSSR count). The molecule has 2 fully saturated rings. The smallest absolute Gasteiger partial charge is 0.410 e. The van der Waals surface area contributed by atoms with E-state index in [9.17, 15) is 4.79 Å². The molecule has 0 spiro atoms. The van der Waals surface area contributed by atoms with Crippen molar-refractivity contribution in [1.29, 1.82) is 0 Å². The van der Waals surface area contributed by atoms with Gasteiger partial charge in [-0.15, -0.1) is 0 Å². The summed E-state index contributed by atoms with van der Waals surface area (Å²) in [4.78, 5) is 23.7. The number of ether oxygens (including phenoxy) is 2. The fourth-order valence-electron chi connectivity index (χ4n) is 5.49. The number of amides is 1. The van der Waals surface area contributed by atoms with Crippen molar-refractivity contribution in [2.75, 3.05) is 25.4 Å². The molecule has 1 atom stereocenters. The number of benzene rings is 1. The largest absolute Gasteiger partial charge is 0.493 e. The second kappa shape index (κ2) is 11.3. The predicted octanol–water partition coefficient (Wildman–Crippen LogP) is 6.07. The van der Waals surface area contributed by atoms with Crippen LogP contribution < -0.4 is 5.73 Å². The number of aromatic nitrogens is 5. The molecule has 224 valence electrons. The zero-order chi connectivity index (χ0) is 30.3. The van der Waals surface area contributed by atoms with Crippen LogP contribution in [0.25, 0.3) is 27.7 Å². The van der Waals surface area contributed by atoms with Crippen molar-refractivity contribution in [2.45, 2.75) is 77.5 Å². The van der Waals surface area contributed by atoms with E-state index in [0.717, 1.165) is 35.0 Å². The molecule has 4 heterocycles. The highest BCUT2D eigenvalue weighted by molar-refractivity contribution is 5.99. The number of likely N-dealkylation sites (tertiary alicyclic amines) is 1. The van der Waals surface area contributed by atoms with Gasteiger partial charge in [0.2, 0.25) is 0 Å². The Bertz CT molecular complexity index is 1760. The van der Waals surface area contributed by atoms with E-state index in [1.807, 2.05) is 43.9 Å². The molecule has 1 amide bonds. The Morgan fingerprint density at radius 2 is 1.98 bits per heavy atom. The van der Waals surface area contributed by atoms with Crippen LogP contribution in [0.4, 0.5) is 10.6 Å². The molecule has 3 aromatic heterocycles. The molecule has 10 heteroatoms. The Kier molecular flexibility index (Phi) is 7.50. The van der Waals surface area contributed by atoms with Crippen LogP contribution in [0.15, 0.2) is 37.3 Å². The highest BCUT2D eigenvalue weighted by Gasteiger charge is 2.33. The van der Waals surface area contributed by atoms with Crippen molar-refractivity contribution in [3.05, 3.63) is 54.1 Å². The molecule has 2 aliphatic rings. The third-order valence-electron chi connectivity index (χ3n) is 7.83. The average Bonchev–Trinajstić information content (AvgIpc) is 3.36. The van der Waals surface area contributed by atoms with E-state index in [4.69, 9.17) is 20.3 Å². The summed E-state index contributed by atoms with van der Waals surface area (Å²) in [5, 5.41) is 5.63. The summed E-state index contributed by atoms with van der Waals surface area (Å²) in [5.74, 6) is 7.38. The molecule has 2 N–H and O–H groups in total. The van der Waals surface area contributed by atoms with Crippen molar-refractivity contribution < 1.29 is 14.3 Å². The number of fused-ring (bicyclic) bond motifs is 2. The first kappa shape index (κ1) is 28.6. The number of unbranched alkanes of at least 4 members (excludes halogenated alkanes) is 1. The van der Waals surface area contributed by atoms with E-state index in [0.29, 0.717) is 60.4 Å². The number of carbonyl (C=O) groups excluding carboxylic acids is 1. The summed E-state index contributed by atoms with van der Waals surface area (Å²) >= 11 is 0. The van der Waals surface area contributed by atoms with Crippen molar-refractivity contribution in [3.8, 4) is 11.8 Å². The quantitative estimate of drug-likeness (QED) is 0.160. The van der Waals surface area contributed by atoms with Gasteiger partial charge in [0.1, 0.15) is 22.9 Å². The minimum absolute atomic E-state index is 0.114. The lowest BCUT2D eigenvalue weighted by molar-refractivity contribution is 0.0288. The molecule has 1 aliphatic heterocycles. The minimum Gasteiger partial charge on any atom is -0.493 e. The summed E-state index contributed by atoms with van der Waals surface area (Å²) in [6.07, 6.45) is 8.30. The van der Waals surface area contributed by atoms with Crippen molar-refractivity contribution in [2.24, 2.45) is 0 Å². The molecule has 0 radical (unpaired) electrons. The topological polar surface area (TPSA) is 113 Å². The number of imidazole rings is 1. The van der Waals surface area contributed by atoms with Gasteiger partial charge in [-0.05, 0) is 70.6 Å². The van der Waals surface area contributed by atoms with Crippen molar-refractivity contribution in [1.82, 2.24) is 29.2 Å². The lowest BCUT2D eigenvalue weighted by atomic mass is 10.1. The van der Waals surface area contributed by atoms with E-state index in [2.05, 4.69) is 45.9 Å². The first-order chi connectivity index (χ1) is 20.6. The van der Waals surface area contributed by atoms with Gasteiger partial charge in [-0.1, -0.05) is 25.8 Å². The van der Waals surface area contributed by atoms with Crippen LogP contribution in [0.3, 0.4) is 0 Å². The number of hydrogen-bond acceptors (Lipinski definition) is 7. The van der Waals surface area contributed by atoms with E-state index in [-0.39, 0.29) is 12.1 Å². The first-order valence-electron chi connectivity index (χ1n) is 15.1. The van der Waals surface area contributed by atoms with Gasteiger partial charge in [0.25, 0.3) is 0 Å². The SMILES string of the molecule is C=C(OCCCC)c1cnc(N)c2c(C#Cc3ccc4c(c3)ncn4C3CC3)nn([C@H]3CCN(C(=O)OC(C)(C)C)C3)c12. The van der Waals surface area contributed by atoms with Gasteiger partial charge in [-0.3, -0.25) is 4.68 Å². The Hall–Kier alpha value is -4.52. The number of nitrogens with zero attached hydrogens (tertiary/aromatic N) is 6. The summed E-state index contributed by atoms with van der Waals surface area (Å²) in [6, 6.07) is 6.55. The Balaban J connectivity index is 1.38. The molecule has 43 heavy (non-hydrogen) atoms. The van der Waals surface area contributed by atoms with Crippen LogP contribution in [-0.4, -0.2) is 60.6 Å². The average molecular weight is 582 g/mol. The fourth-order valence-corrected chi connectivity index (χ4v) is 5.49. The molecule has 0 unspecified atom stereocenters. The monoisotopic (exact) mass is 581 g/mol. The van der Waals surface area contributed by atoms with E-state index in [1.54, 1.807) is 11.1 Å². The number of hydrogen-bond donors (Lipinski definition) is 1. The second-order valence-electron chi connectivity index (χ2n) is 12.4. The molecule has 0 bridgehead atoms. The van der Waals surface area contributed by atoms with E-state index < -0.39 is 5.60 Å². The fraction of sp³-hybridized carbons (Fsp3) is 0.455. The first-order valence-corrected chi connectivity index (χ1v) is 15.1. The van der Waals surface area contributed by atoms with Crippen LogP contribution in [0.2, 0.25) is 0 Å². The second-order valence-corrected chi connectivity index (χ2v) is 12.4. The van der Waals surface area contributed by atoms with Gasteiger partial charge < -0.3 is 24.7 Å². The maximum atomic E-state index is 12.9. The molecule has 1 saturated carbocycles. The van der Waals surface area contributed by atoms with E-state index >= 15 is 0 Å². The van der Waals surface area contributed by atoms with Crippen molar-refractivity contribution in [3.63, 3.8) is 0 Å². The normalized spacial score (nSPS) is 16.8. The number of anilines is 1. The third kappa shape index (κ3) is 5.89. The lowest BCUT2D eigenvalue weighted by Crippen LogP contribution is -2.35. The zero-order valence-corrected chi connectivity index (χ0v) is 25.4. The number of rotatable bonds is 7. The van der Waals surface area contributed by atoms with Crippen LogP contribution in [0, 0.1) is 11.8 Å². The summed E-state index contributed by atoms with van der Waals surface area (Å²) in [7, 11) is 0. The number of pyridine rings is 1. The summed E-state index contributed by atoms with van der Waals surface area (Å²) in [5.41, 5.74) is 10.8. The Labute approximate surface area is 251 Å². The van der Waals surface area contributed by atoms with Gasteiger partial charge >= 0.3 is 6.09 Å². The van der Waals surface area contributed by atoms with Crippen LogP contribution in [0.1, 0.15) is 88.7 Å². The summed E-state index contributed by atoms with van der Waals surface area (Å²) < 4.78 is 15.8. The van der Waals surface area contributed by atoms with Crippen molar-refractivity contribution >= 4 is 39.6 Å². The predicted molar refractivity (Wildman–Crippen MR) is 167 cm³/mol. The van der Waals surface area contributed by atoms with Gasteiger partial charge in [0.15, 0.2) is 0 Å². The van der Waals surface area contributed by atoms with Gasteiger partial charge in [-0.25, -0.2) is 14.8 Å². The molecule has 4 aromatic rings. The van der Waals surface area contributed by atoms with Gasteiger partial charge in [0.05, 0.1) is 46.5 Å². The Morgan fingerprint density at radius 1 is 1.16 bits per heavy atom. The zero-order valence-electron chi connectivity index (χ0n) is 25.4. The molecular weight excluding hydrogens is 542 g/mol. The summed E-state index contributed by atoms with van der Waals surface area (Å²) in [6.45, 7) is 13.5.